The third-order valence-electron chi connectivity index (χ3n) is 3.80. The van der Waals surface area contributed by atoms with Crippen LogP contribution in [0.5, 0.6) is 0 Å². The standard InChI is InChI=1S/C18H9Cl2F3N2O4/c19-12-3-1-9(18(21,22)23)7-11(12)15-5-6-16(29-15)17(26)24-14-4-2-10(25(27)28)8-13(14)20/h1-8H,(H,24,26). The van der Waals surface area contributed by atoms with Crippen LogP contribution in [0.3, 0.4) is 0 Å². The number of nitrogens with one attached hydrogen (secondary N) is 1. The van der Waals surface area contributed by atoms with Crippen LogP contribution in [0.1, 0.15) is 16.1 Å². The van der Waals surface area contributed by atoms with Crippen molar-refractivity contribution >= 4 is 40.5 Å². The summed E-state index contributed by atoms with van der Waals surface area (Å²) in [4.78, 5) is 22.4. The van der Waals surface area contributed by atoms with Gasteiger partial charge in [-0.1, -0.05) is 23.2 Å². The van der Waals surface area contributed by atoms with Gasteiger partial charge in [-0.05, 0) is 36.4 Å². The van der Waals surface area contributed by atoms with E-state index in [1.165, 1.54) is 18.2 Å². The second-order valence-corrected chi connectivity index (χ2v) is 6.55. The van der Waals surface area contributed by atoms with Crippen LogP contribution in [0.4, 0.5) is 24.5 Å². The van der Waals surface area contributed by atoms with Gasteiger partial charge in [-0.2, -0.15) is 13.2 Å². The van der Waals surface area contributed by atoms with E-state index >= 15 is 0 Å². The van der Waals surface area contributed by atoms with Crippen LogP contribution in [0, 0.1) is 10.1 Å². The SMILES string of the molecule is O=C(Nc1ccc([N+](=O)[O-])cc1Cl)c1ccc(-c2cc(C(F)(F)F)ccc2Cl)o1. The first-order valence-electron chi connectivity index (χ1n) is 7.78. The van der Waals surface area contributed by atoms with Gasteiger partial charge in [0.05, 0.1) is 26.2 Å². The molecule has 0 radical (unpaired) electrons. The number of nitro groups is 1. The monoisotopic (exact) mass is 444 g/mol. The van der Waals surface area contributed by atoms with Crippen molar-refractivity contribution in [3.05, 3.63) is 80.0 Å². The Morgan fingerprint density at radius 3 is 2.38 bits per heavy atom. The van der Waals surface area contributed by atoms with E-state index in [9.17, 15) is 28.1 Å². The maximum atomic E-state index is 12.9. The summed E-state index contributed by atoms with van der Waals surface area (Å²) in [6, 6.07) is 8.73. The molecule has 3 aromatic rings. The Kier molecular flexibility index (Phi) is 5.54. The maximum absolute atomic E-state index is 12.9. The van der Waals surface area contributed by atoms with Gasteiger partial charge < -0.3 is 9.73 Å². The first-order valence-corrected chi connectivity index (χ1v) is 8.54. The van der Waals surface area contributed by atoms with Crippen LogP contribution in [0.2, 0.25) is 10.0 Å². The largest absolute Gasteiger partial charge is 0.451 e. The van der Waals surface area contributed by atoms with Gasteiger partial charge in [0, 0.05) is 17.7 Å². The highest BCUT2D eigenvalue weighted by Gasteiger charge is 2.31. The molecule has 0 aliphatic carbocycles. The van der Waals surface area contributed by atoms with Crippen LogP contribution < -0.4 is 5.32 Å². The van der Waals surface area contributed by atoms with Crippen molar-refractivity contribution in [3.8, 4) is 11.3 Å². The van der Waals surface area contributed by atoms with E-state index in [0.29, 0.717) is 0 Å². The van der Waals surface area contributed by atoms with Gasteiger partial charge in [0.15, 0.2) is 5.76 Å². The first kappa shape index (κ1) is 20.7. The van der Waals surface area contributed by atoms with Crippen molar-refractivity contribution in [2.24, 2.45) is 0 Å². The van der Waals surface area contributed by atoms with Crippen molar-refractivity contribution in [2.45, 2.75) is 6.18 Å². The van der Waals surface area contributed by atoms with E-state index in [4.69, 9.17) is 27.6 Å². The molecule has 0 saturated carbocycles. The number of hydrogen-bond acceptors (Lipinski definition) is 4. The summed E-state index contributed by atoms with van der Waals surface area (Å²) in [5.41, 5.74) is -1.12. The van der Waals surface area contributed by atoms with Crippen LogP contribution in [-0.2, 0) is 6.18 Å². The summed E-state index contributed by atoms with van der Waals surface area (Å²) in [6.07, 6.45) is -4.57. The van der Waals surface area contributed by atoms with E-state index < -0.39 is 22.6 Å². The summed E-state index contributed by atoms with van der Waals surface area (Å²) in [7, 11) is 0. The summed E-state index contributed by atoms with van der Waals surface area (Å²) in [6.45, 7) is 0. The minimum absolute atomic E-state index is 0.0118. The zero-order valence-corrected chi connectivity index (χ0v) is 15.6. The fourth-order valence-electron chi connectivity index (χ4n) is 2.40. The molecule has 0 aliphatic heterocycles. The van der Waals surface area contributed by atoms with Gasteiger partial charge in [0.2, 0.25) is 0 Å². The molecule has 0 bridgehead atoms. The lowest BCUT2D eigenvalue weighted by atomic mass is 10.1. The van der Waals surface area contributed by atoms with E-state index in [-0.39, 0.29) is 38.5 Å². The van der Waals surface area contributed by atoms with Crippen LogP contribution in [0.25, 0.3) is 11.3 Å². The van der Waals surface area contributed by atoms with Crippen LogP contribution >= 0.6 is 23.2 Å². The molecule has 29 heavy (non-hydrogen) atoms. The summed E-state index contributed by atoms with van der Waals surface area (Å²) in [5.74, 6) is -1.01. The normalized spacial score (nSPS) is 11.3. The smallest absolute Gasteiger partial charge is 0.416 e. The van der Waals surface area contributed by atoms with Crippen molar-refractivity contribution in [2.75, 3.05) is 5.32 Å². The molecular weight excluding hydrogens is 436 g/mol. The predicted octanol–water partition coefficient (Wildman–Crippen LogP) is 6.43. The minimum Gasteiger partial charge on any atom is -0.451 e. The number of carbonyl (C=O) groups is 1. The zero-order chi connectivity index (χ0) is 21.3. The molecule has 3 rings (SSSR count). The number of nitrogens with zero attached hydrogens (tertiary/aromatic N) is 1. The molecule has 0 atom stereocenters. The molecule has 1 amide bonds. The summed E-state index contributed by atoms with van der Waals surface area (Å²) in [5, 5.41) is 13.1. The summed E-state index contributed by atoms with van der Waals surface area (Å²) >= 11 is 11.9. The number of anilines is 1. The van der Waals surface area contributed by atoms with Gasteiger partial charge >= 0.3 is 6.18 Å². The average Bonchev–Trinajstić information content (AvgIpc) is 3.12. The van der Waals surface area contributed by atoms with E-state index in [2.05, 4.69) is 5.32 Å². The maximum Gasteiger partial charge on any atom is 0.416 e. The number of nitro benzene ring substituents is 1. The highest BCUT2D eigenvalue weighted by atomic mass is 35.5. The molecule has 0 saturated heterocycles. The molecule has 150 valence electrons. The molecule has 1 aromatic heterocycles. The second kappa shape index (κ2) is 7.76. The van der Waals surface area contributed by atoms with Crippen molar-refractivity contribution in [3.63, 3.8) is 0 Å². The molecule has 2 aromatic carbocycles. The molecule has 0 aliphatic rings. The highest BCUT2D eigenvalue weighted by Crippen LogP contribution is 2.36. The first-order chi connectivity index (χ1) is 13.6. The van der Waals surface area contributed by atoms with Crippen molar-refractivity contribution < 1.29 is 27.3 Å². The zero-order valence-electron chi connectivity index (χ0n) is 14.1. The number of alkyl halides is 3. The van der Waals surface area contributed by atoms with E-state index in [0.717, 1.165) is 30.3 Å². The number of rotatable bonds is 4. The number of benzene rings is 2. The lowest BCUT2D eigenvalue weighted by Gasteiger charge is -2.09. The minimum atomic E-state index is -4.57. The number of non-ortho nitro benzene ring substituents is 1. The Morgan fingerprint density at radius 1 is 1.03 bits per heavy atom. The van der Waals surface area contributed by atoms with Gasteiger partial charge in [-0.25, -0.2) is 0 Å². The number of halogens is 5. The van der Waals surface area contributed by atoms with E-state index in [1.807, 2.05) is 0 Å². The van der Waals surface area contributed by atoms with Crippen molar-refractivity contribution in [1.82, 2.24) is 0 Å². The topological polar surface area (TPSA) is 85.4 Å². The highest BCUT2D eigenvalue weighted by molar-refractivity contribution is 6.34. The summed E-state index contributed by atoms with van der Waals surface area (Å²) < 4.78 is 44.1. The molecule has 6 nitrogen and oxygen atoms in total. The quantitative estimate of drug-likeness (QED) is 0.370. The lowest BCUT2D eigenvalue weighted by molar-refractivity contribution is -0.384. The van der Waals surface area contributed by atoms with Crippen LogP contribution in [-0.4, -0.2) is 10.8 Å². The van der Waals surface area contributed by atoms with Gasteiger partial charge in [-0.15, -0.1) is 0 Å². The van der Waals surface area contributed by atoms with Crippen molar-refractivity contribution in [1.29, 1.82) is 0 Å². The third kappa shape index (κ3) is 4.52. The van der Waals surface area contributed by atoms with Gasteiger partial charge in [0.1, 0.15) is 5.76 Å². The average molecular weight is 445 g/mol. The van der Waals surface area contributed by atoms with Gasteiger partial charge in [0.25, 0.3) is 11.6 Å². The molecule has 1 N–H and O–H groups in total. The molecular formula is C18H9Cl2F3N2O4. The lowest BCUT2D eigenvalue weighted by Crippen LogP contribution is -2.11. The number of hydrogen-bond donors (Lipinski definition) is 1. The number of carbonyl (C=O) groups excluding carboxylic acids is 1. The number of furan rings is 1. The fraction of sp³-hybridized carbons (Fsp3) is 0.0556. The fourth-order valence-corrected chi connectivity index (χ4v) is 2.83. The molecule has 0 fully saturated rings. The Hall–Kier alpha value is -3.04. The Bertz CT molecular complexity index is 1110. The Balaban J connectivity index is 1.85. The Labute approximate surface area is 171 Å². The number of amides is 1. The second-order valence-electron chi connectivity index (χ2n) is 5.73. The molecule has 0 unspecified atom stereocenters. The third-order valence-corrected chi connectivity index (χ3v) is 4.44. The Morgan fingerprint density at radius 2 is 1.76 bits per heavy atom. The molecule has 0 spiro atoms. The molecule has 1 heterocycles. The predicted molar refractivity (Wildman–Crippen MR) is 100 cm³/mol. The molecule has 11 heteroatoms. The van der Waals surface area contributed by atoms with Crippen LogP contribution in [0.15, 0.2) is 52.9 Å². The van der Waals surface area contributed by atoms with E-state index in [1.54, 1.807) is 0 Å². The van der Waals surface area contributed by atoms with Gasteiger partial charge in [-0.3, -0.25) is 14.9 Å².